The van der Waals surface area contributed by atoms with E-state index in [4.69, 9.17) is 21.4 Å². The molecule has 0 bridgehead atoms. The number of halogens is 1. The van der Waals surface area contributed by atoms with Crippen LogP contribution in [0.5, 0.6) is 5.75 Å². The summed E-state index contributed by atoms with van der Waals surface area (Å²) in [6.07, 6.45) is 6.20. The van der Waals surface area contributed by atoms with E-state index in [1.807, 2.05) is 59.4 Å². The zero-order valence-electron chi connectivity index (χ0n) is 21.8. The van der Waals surface area contributed by atoms with Gasteiger partial charge < -0.3 is 15.0 Å². The summed E-state index contributed by atoms with van der Waals surface area (Å²) in [6.45, 7) is 6.80. The maximum Gasteiger partial charge on any atom is 0.241 e. The first-order valence-corrected chi connectivity index (χ1v) is 13.0. The molecule has 3 heterocycles. The lowest BCUT2D eigenvalue weighted by Gasteiger charge is -2.40. The third-order valence-electron chi connectivity index (χ3n) is 7.82. The third kappa shape index (κ3) is 3.63. The first kappa shape index (κ1) is 24.3. The Morgan fingerprint density at radius 1 is 1.08 bits per heavy atom. The van der Waals surface area contributed by atoms with Crippen LogP contribution in [-0.2, 0) is 10.2 Å². The van der Waals surface area contributed by atoms with Crippen LogP contribution in [0.4, 0.5) is 5.69 Å². The molecule has 0 unspecified atom stereocenters. The fraction of sp³-hybridized carbons (Fsp3) is 0.226. The Labute approximate surface area is 227 Å². The number of ether oxygens (including phenoxy) is 1. The van der Waals surface area contributed by atoms with E-state index >= 15 is 0 Å². The topological polar surface area (TPSA) is 59.4 Å². The van der Waals surface area contributed by atoms with Crippen molar-refractivity contribution in [3.63, 3.8) is 0 Å². The molecule has 0 saturated carbocycles. The minimum atomic E-state index is -0.704. The molecule has 7 heteroatoms. The van der Waals surface area contributed by atoms with Crippen molar-refractivity contribution >= 4 is 29.3 Å². The Hall–Kier alpha value is -4.03. The quantitative estimate of drug-likeness (QED) is 0.340. The number of rotatable bonds is 5. The average molecular weight is 525 g/mol. The molecule has 6 nitrogen and oxygen atoms in total. The summed E-state index contributed by atoms with van der Waals surface area (Å²) in [5, 5.41) is 8.77. The molecule has 3 aromatic carbocycles. The normalized spacial score (nSPS) is 19.5. The standard InChI is InChI=1S/C31H29ClN4O2/c1-20-10-12-26-24(16-20)30(2,3)31(33-28(37)19-35(26)31)15-14-22-18-36(23-8-6-5-7-9-23)34-29(22)21-11-13-27(38-4)25(32)17-21/h5-18H,19H2,1-4H3,(H,33,37)/b15-14+/t31-/m0/s1. The smallest absolute Gasteiger partial charge is 0.241 e. The number of hydrogen-bond acceptors (Lipinski definition) is 4. The van der Waals surface area contributed by atoms with Gasteiger partial charge in [0.2, 0.25) is 5.91 Å². The Balaban J connectivity index is 1.49. The van der Waals surface area contributed by atoms with Gasteiger partial charge in [0.15, 0.2) is 0 Å². The predicted octanol–water partition coefficient (Wildman–Crippen LogP) is 6.15. The molecule has 0 radical (unpaired) electrons. The van der Waals surface area contributed by atoms with E-state index in [1.165, 1.54) is 11.1 Å². The first-order chi connectivity index (χ1) is 18.2. The zero-order valence-corrected chi connectivity index (χ0v) is 22.6. The second kappa shape index (κ2) is 8.77. The number of fused-ring (bicyclic) bond motifs is 3. The molecule has 1 aromatic heterocycles. The molecule has 0 spiro atoms. The van der Waals surface area contributed by atoms with Crippen LogP contribution < -0.4 is 15.0 Å². The number of nitrogens with one attached hydrogen (secondary N) is 1. The Kier molecular flexibility index (Phi) is 5.61. The number of nitrogens with zero attached hydrogens (tertiary/aromatic N) is 3. The van der Waals surface area contributed by atoms with E-state index in [-0.39, 0.29) is 11.3 Å². The van der Waals surface area contributed by atoms with Gasteiger partial charge in [-0.1, -0.05) is 67.4 Å². The number of para-hydroxylation sites is 1. The summed E-state index contributed by atoms with van der Waals surface area (Å²) in [5.74, 6) is 0.620. The van der Waals surface area contributed by atoms with Gasteiger partial charge in [-0.3, -0.25) is 4.79 Å². The van der Waals surface area contributed by atoms with Crippen molar-refractivity contribution in [2.45, 2.75) is 31.8 Å². The van der Waals surface area contributed by atoms with Crippen LogP contribution in [0.15, 0.2) is 79.0 Å². The van der Waals surface area contributed by atoms with Gasteiger partial charge in [0.1, 0.15) is 11.4 Å². The van der Waals surface area contributed by atoms with Gasteiger partial charge in [-0.15, -0.1) is 0 Å². The van der Waals surface area contributed by atoms with Crippen LogP contribution in [0.1, 0.15) is 30.5 Å². The molecule has 2 aliphatic rings. The second-order valence-electron chi connectivity index (χ2n) is 10.4. The number of amides is 1. The van der Waals surface area contributed by atoms with E-state index in [0.717, 1.165) is 28.2 Å². The molecule has 1 saturated heterocycles. The lowest BCUT2D eigenvalue weighted by molar-refractivity contribution is -0.118. The highest BCUT2D eigenvalue weighted by Gasteiger charge is 2.60. The largest absolute Gasteiger partial charge is 0.495 e. The molecule has 1 amide bonds. The van der Waals surface area contributed by atoms with E-state index in [1.54, 1.807) is 7.11 Å². The SMILES string of the molecule is COc1ccc(-c2nn(-c3ccccc3)cc2/C=C/[C@]23NC(=O)CN2c2ccc(C)cc2C3(C)C)cc1Cl. The fourth-order valence-electron chi connectivity index (χ4n) is 5.76. The lowest BCUT2D eigenvalue weighted by atomic mass is 9.75. The lowest BCUT2D eigenvalue weighted by Crippen LogP contribution is -2.58. The first-order valence-electron chi connectivity index (χ1n) is 12.6. The number of carbonyl (C=O) groups excluding carboxylic acids is 1. The van der Waals surface area contributed by atoms with Gasteiger partial charge in [0.25, 0.3) is 0 Å². The Morgan fingerprint density at radius 2 is 1.87 bits per heavy atom. The number of aryl methyl sites for hydroxylation is 1. The molecule has 0 aliphatic carbocycles. The van der Waals surface area contributed by atoms with E-state index in [2.05, 4.69) is 61.3 Å². The number of anilines is 1. The van der Waals surface area contributed by atoms with Gasteiger partial charge >= 0.3 is 0 Å². The molecule has 192 valence electrons. The summed E-state index contributed by atoms with van der Waals surface area (Å²) in [4.78, 5) is 15.0. The molecule has 1 N–H and O–H groups in total. The summed E-state index contributed by atoms with van der Waals surface area (Å²) in [6, 6.07) is 22.1. The molecule has 6 rings (SSSR count). The maximum absolute atomic E-state index is 12.8. The molecule has 2 aliphatic heterocycles. The molecular weight excluding hydrogens is 496 g/mol. The van der Waals surface area contributed by atoms with Crippen LogP contribution in [0.25, 0.3) is 23.0 Å². The molecule has 38 heavy (non-hydrogen) atoms. The van der Waals surface area contributed by atoms with Crippen molar-refractivity contribution in [1.29, 1.82) is 0 Å². The number of benzene rings is 3. The summed E-state index contributed by atoms with van der Waals surface area (Å²) >= 11 is 6.49. The van der Waals surface area contributed by atoms with Crippen LogP contribution in [0.3, 0.4) is 0 Å². The average Bonchev–Trinajstić information content (AvgIpc) is 3.53. The van der Waals surface area contributed by atoms with Crippen molar-refractivity contribution in [3.8, 4) is 22.7 Å². The van der Waals surface area contributed by atoms with Gasteiger partial charge in [0, 0.05) is 28.4 Å². The van der Waals surface area contributed by atoms with Crippen LogP contribution in [-0.4, -0.2) is 35.0 Å². The highest BCUT2D eigenvalue weighted by atomic mass is 35.5. The monoisotopic (exact) mass is 524 g/mol. The fourth-order valence-corrected chi connectivity index (χ4v) is 6.02. The summed E-state index contributed by atoms with van der Waals surface area (Å²) in [7, 11) is 1.60. The van der Waals surface area contributed by atoms with E-state index < -0.39 is 5.66 Å². The van der Waals surface area contributed by atoms with Gasteiger partial charge in [0.05, 0.1) is 30.1 Å². The molecule has 1 fully saturated rings. The van der Waals surface area contributed by atoms with Crippen LogP contribution in [0.2, 0.25) is 5.02 Å². The minimum absolute atomic E-state index is 0.0103. The van der Waals surface area contributed by atoms with Gasteiger partial charge in [-0.05, 0) is 55.0 Å². The maximum atomic E-state index is 12.8. The highest BCUT2D eigenvalue weighted by Crippen LogP contribution is 2.53. The van der Waals surface area contributed by atoms with E-state index in [0.29, 0.717) is 17.3 Å². The van der Waals surface area contributed by atoms with Gasteiger partial charge in [-0.25, -0.2) is 4.68 Å². The van der Waals surface area contributed by atoms with E-state index in [9.17, 15) is 4.79 Å². The van der Waals surface area contributed by atoms with Crippen LogP contribution >= 0.6 is 11.6 Å². The van der Waals surface area contributed by atoms with Crippen LogP contribution in [0, 0.1) is 6.92 Å². The zero-order chi connectivity index (χ0) is 26.7. The van der Waals surface area contributed by atoms with Crippen molar-refractivity contribution < 1.29 is 9.53 Å². The van der Waals surface area contributed by atoms with Gasteiger partial charge in [-0.2, -0.15) is 5.10 Å². The minimum Gasteiger partial charge on any atom is -0.495 e. The van der Waals surface area contributed by atoms with Crippen molar-refractivity contribution in [3.05, 3.63) is 101 Å². The Bertz CT molecular complexity index is 1590. The van der Waals surface area contributed by atoms with Crippen molar-refractivity contribution in [2.75, 3.05) is 18.6 Å². The summed E-state index contributed by atoms with van der Waals surface area (Å²) in [5.41, 5.74) is 5.96. The number of methoxy groups -OCH3 is 1. The second-order valence-corrected chi connectivity index (χ2v) is 10.8. The molecule has 4 aromatic rings. The van der Waals surface area contributed by atoms with Crippen molar-refractivity contribution in [1.82, 2.24) is 15.1 Å². The summed E-state index contributed by atoms with van der Waals surface area (Å²) < 4.78 is 7.23. The third-order valence-corrected chi connectivity index (χ3v) is 8.11. The predicted molar refractivity (Wildman–Crippen MR) is 152 cm³/mol. The number of hydrogen-bond donors (Lipinski definition) is 1. The Morgan fingerprint density at radius 3 is 2.61 bits per heavy atom. The number of aromatic nitrogens is 2. The van der Waals surface area contributed by atoms with Crippen molar-refractivity contribution in [2.24, 2.45) is 0 Å². The molecule has 1 atom stereocenters. The molecular formula is C31H29ClN4O2. The highest BCUT2D eigenvalue weighted by molar-refractivity contribution is 6.32. The number of carbonyl (C=O) groups is 1.